The third kappa shape index (κ3) is 4.98. The predicted octanol–water partition coefficient (Wildman–Crippen LogP) is 5.24. The summed E-state index contributed by atoms with van der Waals surface area (Å²) in [7, 11) is 1.39. The summed E-state index contributed by atoms with van der Waals surface area (Å²) in [5.41, 5.74) is 4.11. The fourth-order valence-electron chi connectivity index (χ4n) is 3.88. The first-order valence-electron chi connectivity index (χ1n) is 11.4. The number of rotatable bonds is 7. The summed E-state index contributed by atoms with van der Waals surface area (Å²) in [6.07, 6.45) is 1.74. The number of carbonyl (C=O) groups is 1. The third-order valence-corrected chi connectivity index (χ3v) is 5.55. The highest BCUT2D eigenvalue weighted by atomic mass is 19.1. The van der Waals surface area contributed by atoms with E-state index in [9.17, 15) is 9.18 Å². The Kier molecular flexibility index (Phi) is 6.54. The summed E-state index contributed by atoms with van der Waals surface area (Å²) in [5, 5.41) is 18.3. The van der Waals surface area contributed by atoms with Gasteiger partial charge in [-0.1, -0.05) is 36.4 Å². The Hall–Kier alpha value is -5.12. The molecule has 37 heavy (non-hydrogen) atoms. The van der Waals surface area contributed by atoms with Crippen molar-refractivity contribution in [1.29, 1.82) is 0 Å². The zero-order valence-corrected chi connectivity index (χ0v) is 20.0. The van der Waals surface area contributed by atoms with E-state index < -0.39 is 5.82 Å². The molecule has 2 heterocycles. The van der Waals surface area contributed by atoms with Crippen LogP contribution in [0, 0.1) is 5.82 Å². The number of aromatic nitrogens is 5. The van der Waals surface area contributed by atoms with Crippen molar-refractivity contribution in [2.24, 2.45) is 0 Å². The number of methoxy groups -OCH3 is 1. The lowest BCUT2D eigenvalue weighted by atomic mass is 10.0. The van der Waals surface area contributed by atoms with E-state index in [0.29, 0.717) is 28.6 Å². The summed E-state index contributed by atoms with van der Waals surface area (Å²) in [6.45, 7) is 1.46. The van der Waals surface area contributed by atoms with Crippen molar-refractivity contribution in [1.82, 2.24) is 25.2 Å². The molecule has 9 nitrogen and oxygen atoms in total. The van der Waals surface area contributed by atoms with Gasteiger partial charge in [-0.15, -0.1) is 5.10 Å². The van der Waals surface area contributed by atoms with Gasteiger partial charge in [-0.3, -0.25) is 4.79 Å². The summed E-state index contributed by atoms with van der Waals surface area (Å²) < 4.78 is 21.2. The van der Waals surface area contributed by atoms with Crippen molar-refractivity contribution < 1.29 is 13.9 Å². The molecule has 184 valence electrons. The predicted molar refractivity (Wildman–Crippen MR) is 138 cm³/mol. The van der Waals surface area contributed by atoms with Gasteiger partial charge in [-0.25, -0.2) is 9.37 Å². The zero-order chi connectivity index (χ0) is 25.8. The average molecular weight is 496 g/mol. The fourth-order valence-corrected chi connectivity index (χ4v) is 3.88. The van der Waals surface area contributed by atoms with Crippen LogP contribution in [0.1, 0.15) is 6.92 Å². The Labute approximate surface area is 211 Å². The van der Waals surface area contributed by atoms with Crippen LogP contribution in [-0.2, 0) is 4.79 Å². The Morgan fingerprint density at radius 2 is 1.73 bits per heavy atom. The Balaban J connectivity index is 1.63. The maximum Gasteiger partial charge on any atom is 0.221 e. The molecular weight excluding hydrogens is 473 g/mol. The molecule has 0 fully saturated rings. The number of para-hydroxylation sites is 2. The SMILES string of the molecule is COc1c(F)cccc1-n1nnnc1-c1cc(-c2ccc(NC(C)=O)cc2)cnc1Nc1ccccc1. The van der Waals surface area contributed by atoms with E-state index in [1.165, 1.54) is 24.8 Å². The normalized spacial score (nSPS) is 10.7. The number of anilines is 3. The summed E-state index contributed by atoms with van der Waals surface area (Å²) >= 11 is 0. The quantitative estimate of drug-likeness (QED) is 0.318. The number of pyridine rings is 1. The van der Waals surface area contributed by atoms with E-state index in [0.717, 1.165) is 16.8 Å². The van der Waals surface area contributed by atoms with Crippen molar-refractivity contribution in [3.63, 3.8) is 0 Å². The molecule has 3 aromatic carbocycles. The van der Waals surface area contributed by atoms with Crippen LogP contribution in [0.5, 0.6) is 5.75 Å². The van der Waals surface area contributed by atoms with Gasteiger partial charge < -0.3 is 15.4 Å². The minimum absolute atomic E-state index is 0.0197. The molecular formula is C27H22FN7O2. The Morgan fingerprint density at radius 1 is 0.946 bits per heavy atom. The number of amides is 1. The zero-order valence-electron chi connectivity index (χ0n) is 20.0. The molecule has 0 aliphatic carbocycles. The van der Waals surface area contributed by atoms with E-state index in [4.69, 9.17) is 4.74 Å². The first-order valence-corrected chi connectivity index (χ1v) is 11.4. The second kappa shape index (κ2) is 10.2. The highest BCUT2D eigenvalue weighted by Crippen LogP contribution is 2.34. The van der Waals surface area contributed by atoms with Crippen LogP contribution >= 0.6 is 0 Å². The van der Waals surface area contributed by atoms with Crippen LogP contribution in [0.15, 0.2) is 85.1 Å². The molecule has 0 aliphatic rings. The van der Waals surface area contributed by atoms with E-state index >= 15 is 0 Å². The van der Waals surface area contributed by atoms with Crippen LogP contribution in [0.2, 0.25) is 0 Å². The second-order valence-corrected chi connectivity index (χ2v) is 8.08. The maximum atomic E-state index is 14.5. The van der Waals surface area contributed by atoms with Crippen molar-refractivity contribution in [2.45, 2.75) is 6.92 Å². The van der Waals surface area contributed by atoms with Crippen molar-refractivity contribution in [3.05, 3.63) is 90.9 Å². The minimum Gasteiger partial charge on any atom is -0.492 e. The summed E-state index contributed by atoms with van der Waals surface area (Å²) in [4.78, 5) is 16.0. The topological polar surface area (TPSA) is 107 Å². The van der Waals surface area contributed by atoms with Gasteiger partial charge in [-0.2, -0.15) is 4.68 Å². The van der Waals surface area contributed by atoms with Crippen LogP contribution in [0.3, 0.4) is 0 Å². The van der Waals surface area contributed by atoms with Crippen LogP contribution in [0.25, 0.3) is 28.2 Å². The minimum atomic E-state index is -0.532. The lowest BCUT2D eigenvalue weighted by molar-refractivity contribution is -0.114. The maximum absolute atomic E-state index is 14.5. The lowest BCUT2D eigenvalue weighted by Gasteiger charge is -2.14. The number of hydrogen-bond donors (Lipinski definition) is 2. The molecule has 0 radical (unpaired) electrons. The molecule has 10 heteroatoms. The smallest absolute Gasteiger partial charge is 0.221 e. The summed E-state index contributed by atoms with van der Waals surface area (Å²) in [6, 6.07) is 23.4. The molecule has 0 unspecified atom stereocenters. The van der Waals surface area contributed by atoms with Gasteiger partial charge >= 0.3 is 0 Å². The molecule has 1 amide bonds. The number of hydrogen-bond acceptors (Lipinski definition) is 7. The standard InChI is InChI=1S/C27H22FN7O2/c1-17(36)30-21-13-11-18(12-14-21)19-15-22(26(29-16-19)31-20-7-4-3-5-8-20)27-32-33-34-35(27)24-10-6-9-23(28)25(24)37-2/h3-16H,1-2H3,(H,29,31)(H,30,36). The van der Waals surface area contributed by atoms with Crippen LogP contribution in [-0.4, -0.2) is 38.2 Å². The van der Waals surface area contributed by atoms with Crippen molar-refractivity contribution in [3.8, 4) is 34.0 Å². The molecule has 5 rings (SSSR count). The highest BCUT2D eigenvalue weighted by molar-refractivity contribution is 5.89. The largest absolute Gasteiger partial charge is 0.492 e. The van der Waals surface area contributed by atoms with Crippen LogP contribution in [0.4, 0.5) is 21.6 Å². The molecule has 2 N–H and O–H groups in total. The van der Waals surface area contributed by atoms with E-state index in [1.807, 2.05) is 60.7 Å². The van der Waals surface area contributed by atoms with Crippen molar-refractivity contribution in [2.75, 3.05) is 17.7 Å². The van der Waals surface area contributed by atoms with Gasteiger partial charge in [-0.05, 0) is 58.5 Å². The molecule has 2 aromatic heterocycles. The number of benzene rings is 3. The third-order valence-electron chi connectivity index (χ3n) is 5.55. The Bertz CT molecular complexity index is 1550. The first kappa shape index (κ1) is 23.6. The number of nitrogens with zero attached hydrogens (tertiary/aromatic N) is 5. The molecule has 0 aliphatic heterocycles. The molecule has 0 bridgehead atoms. The van der Waals surface area contributed by atoms with Gasteiger partial charge in [0, 0.05) is 30.1 Å². The van der Waals surface area contributed by atoms with Crippen LogP contribution < -0.4 is 15.4 Å². The fraction of sp³-hybridized carbons (Fsp3) is 0.0741. The van der Waals surface area contributed by atoms with E-state index in [1.54, 1.807) is 18.3 Å². The highest BCUT2D eigenvalue weighted by Gasteiger charge is 2.21. The number of halogens is 1. The average Bonchev–Trinajstić information content (AvgIpc) is 3.39. The molecule has 0 saturated carbocycles. The van der Waals surface area contributed by atoms with Crippen molar-refractivity contribution >= 4 is 23.1 Å². The number of ether oxygens (including phenoxy) is 1. The molecule has 5 aromatic rings. The summed E-state index contributed by atoms with van der Waals surface area (Å²) in [5.74, 6) is 0.192. The molecule has 0 saturated heterocycles. The number of carbonyl (C=O) groups excluding carboxylic acids is 1. The Morgan fingerprint density at radius 3 is 2.46 bits per heavy atom. The van der Waals surface area contributed by atoms with Gasteiger partial charge in [0.1, 0.15) is 11.5 Å². The van der Waals surface area contributed by atoms with Gasteiger partial charge in [0.2, 0.25) is 5.91 Å². The lowest BCUT2D eigenvalue weighted by Crippen LogP contribution is -2.06. The molecule has 0 spiro atoms. The number of tetrazole rings is 1. The second-order valence-electron chi connectivity index (χ2n) is 8.08. The number of nitrogens with one attached hydrogen (secondary N) is 2. The van der Waals surface area contributed by atoms with E-state index in [-0.39, 0.29) is 11.7 Å². The first-order chi connectivity index (χ1) is 18.0. The van der Waals surface area contributed by atoms with Gasteiger partial charge in [0.15, 0.2) is 17.4 Å². The van der Waals surface area contributed by atoms with E-state index in [2.05, 4.69) is 31.1 Å². The van der Waals surface area contributed by atoms with Gasteiger partial charge in [0.05, 0.1) is 12.7 Å². The van der Waals surface area contributed by atoms with Gasteiger partial charge in [0.25, 0.3) is 0 Å². The monoisotopic (exact) mass is 495 g/mol. The molecule has 0 atom stereocenters.